The average Bonchev–Trinajstić information content (AvgIpc) is 2.64. The van der Waals surface area contributed by atoms with Gasteiger partial charge < -0.3 is 20.4 Å². The lowest BCUT2D eigenvalue weighted by molar-refractivity contribution is -0.134. The first-order valence-corrected chi connectivity index (χ1v) is 9.21. The van der Waals surface area contributed by atoms with Crippen LogP contribution in [0.25, 0.3) is 0 Å². The van der Waals surface area contributed by atoms with Gasteiger partial charge in [-0.05, 0) is 25.8 Å². The molecule has 1 rings (SSSR count). The van der Waals surface area contributed by atoms with Crippen molar-refractivity contribution >= 4 is 29.6 Å². The summed E-state index contributed by atoms with van der Waals surface area (Å²) in [5.74, 6) is -2.31. The second kappa shape index (κ2) is 14.9. The van der Waals surface area contributed by atoms with Crippen molar-refractivity contribution in [2.75, 3.05) is 32.1 Å². The van der Waals surface area contributed by atoms with Gasteiger partial charge in [-0.15, -0.1) is 16.5 Å². The lowest BCUT2D eigenvalue weighted by atomic mass is 10.0. The number of likely N-dealkylation sites (tertiary alicyclic amines) is 1. The number of nitrogens with one attached hydrogen (secondary N) is 1. The molecule has 10 nitrogen and oxygen atoms in total. The van der Waals surface area contributed by atoms with Crippen molar-refractivity contribution in [2.45, 2.75) is 38.6 Å². The summed E-state index contributed by atoms with van der Waals surface area (Å²) in [6.07, 6.45) is 5.38. The molecule has 154 valence electrons. The predicted octanol–water partition coefficient (Wildman–Crippen LogP) is 1.89. The Morgan fingerprint density at radius 1 is 1.22 bits per heavy atom. The number of rotatable bonds is 9. The van der Waals surface area contributed by atoms with Gasteiger partial charge in [-0.1, -0.05) is 13.3 Å². The number of urea groups is 1. The van der Waals surface area contributed by atoms with Gasteiger partial charge in [-0.3, -0.25) is 0 Å². The minimum atomic E-state index is -1.26. The van der Waals surface area contributed by atoms with Gasteiger partial charge in [0.25, 0.3) is 0 Å². The van der Waals surface area contributed by atoms with Gasteiger partial charge >= 0.3 is 18.0 Å². The third-order valence-electron chi connectivity index (χ3n) is 3.74. The van der Waals surface area contributed by atoms with Crippen LogP contribution in [0.5, 0.6) is 0 Å². The summed E-state index contributed by atoms with van der Waals surface area (Å²) in [6, 6.07) is -0.312. The molecule has 1 aliphatic rings. The van der Waals surface area contributed by atoms with E-state index in [9.17, 15) is 19.3 Å². The molecule has 1 heterocycles. The van der Waals surface area contributed by atoms with Crippen LogP contribution in [0.2, 0.25) is 0 Å². The third-order valence-corrected chi connectivity index (χ3v) is 3.91. The second-order valence-electron chi connectivity index (χ2n) is 5.82. The normalized spacial score (nSPS) is 14.9. The van der Waals surface area contributed by atoms with E-state index < -0.39 is 18.0 Å². The Kier molecular flexibility index (Phi) is 13.7. The van der Waals surface area contributed by atoms with Crippen molar-refractivity contribution in [1.82, 2.24) is 15.2 Å². The number of nitroso groups, excluding NO2 is 1. The maximum Gasteiger partial charge on any atom is 0.340 e. The molecule has 11 heteroatoms. The maximum atomic E-state index is 11.7. The van der Waals surface area contributed by atoms with Crippen LogP contribution in [0.4, 0.5) is 4.79 Å². The number of piperidine rings is 1. The zero-order valence-electron chi connectivity index (χ0n) is 15.3. The predicted molar refractivity (Wildman–Crippen MR) is 101 cm³/mol. The summed E-state index contributed by atoms with van der Waals surface area (Å²) in [7, 11) is 0. The highest BCUT2D eigenvalue weighted by atomic mass is 35.5. The summed E-state index contributed by atoms with van der Waals surface area (Å²) >= 11 is 5.50. The van der Waals surface area contributed by atoms with Crippen LogP contribution in [0.1, 0.15) is 32.6 Å². The van der Waals surface area contributed by atoms with E-state index in [1.165, 1.54) is 12.8 Å². The fourth-order valence-corrected chi connectivity index (χ4v) is 2.49. The molecule has 0 bridgehead atoms. The largest absolute Gasteiger partial charge is 0.478 e. The highest BCUT2D eigenvalue weighted by Crippen LogP contribution is 2.11. The molecule has 1 fully saturated rings. The van der Waals surface area contributed by atoms with Gasteiger partial charge in [0.1, 0.15) is 0 Å². The molecule has 0 unspecified atom stereocenters. The van der Waals surface area contributed by atoms with Crippen LogP contribution in [-0.2, 0) is 9.59 Å². The molecule has 0 aromatic heterocycles. The summed E-state index contributed by atoms with van der Waals surface area (Å²) < 4.78 is 0. The average molecular weight is 407 g/mol. The Bertz CT molecular complexity index is 493. The van der Waals surface area contributed by atoms with Crippen LogP contribution in [-0.4, -0.2) is 76.2 Å². The Morgan fingerprint density at radius 3 is 2.19 bits per heavy atom. The first-order chi connectivity index (χ1) is 12.8. The fraction of sp³-hybridized carbons (Fsp3) is 0.688. The minimum Gasteiger partial charge on any atom is -0.478 e. The van der Waals surface area contributed by atoms with Crippen molar-refractivity contribution < 1.29 is 24.6 Å². The molecular weight excluding hydrogens is 380 g/mol. The van der Waals surface area contributed by atoms with E-state index >= 15 is 0 Å². The number of nitrogens with zero attached hydrogens (tertiary/aromatic N) is 3. The maximum absolute atomic E-state index is 11.7. The number of carboxylic acids is 2. The minimum absolute atomic E-state index is 0.130. The number of aliphatic carboxylic acids is 2. The molecule has 0 aliphatic carbocycles. The van der Waals surface area contributed by atoms with Gasteiger partial charge in [0, 0.05) is 37.2 Å². The van der Waals surface area contributed by atoms with Gasteiger partial charge in [0.15, 0.2) is 0 Å². The lowest BCUT2D eigenvalue weighted by Gasteiger charge is -2.32. The highest BCUT2D eigenvalue weighted by Gasteiger charge is 2.22. The van der Waals surface area contributed by atoms with E-state index in [0.717, 1.165) is 37.5 Å². The van der Waals surface area contributed by atoms with Crippen LogP contribution >= 0.6 is 11.6 Å². The van der Waals surface area contributed by atoms with Gasteiger partial charge in [0.2, 0.25) is 0 Å². The summed E-state index contributed by atoms with van der Waals surface area (Å²) in [6.45, 7) is 5.45. The molecule has 27 heavy (non-hydrogen) atoms. The number of halogens is 1. The number of hydrogen-bond donors (Lipinski definition) is 3. The quantitative estimate of drug-likeness (QED) is 0.230. The van der Waals surface area contributed by atoms with Crippen LogP contribution in [0.3, 0.4) is 0 Å². The van der Waals surface area contributed by atoms with E-state index in [2.05, 4.69) is 22.4 Å². The van der Waals surface area contributed by atoms with E-state index in [1.54, 1.807) is 0 Å². The molecule has 1 aliphatic heterocycles. The van der Waals surface area contributed by atoms with Crippen molar-refractivity contribution in [3.63, 3.8) is 0 Å². The Morgan fingerprint density at radius 2 is 1.78 bits per heavy atom. The number of alkyl halides is 1. The Hall–Kier alpha value is -2.20. The molecule has 0 saturated carbocycles. The van der Waals surface area contributed by atoms with Gasteiger partial charge in [-0.25, -0.2) is 14.4 Å². The molecule has 3 N–H and O–H groups in total. The van der Waals surface area contributed by atoms with Crippen molar-refractivity contribution in [3.8, 4) is 0 Å². The molecule has 2 amide bonds. The first-order valence-electron chi connectivity index (χ1n) is 8.67. The SMILES string of the molecule is CCCCN1CCC(NC(=O)N(CCCl)N=O)CC1.O=C(O)/C=C\C(=O)O. The molecular formula is C16H27ClN4O6. The van der Waals surface area contributed by atoms with Crippen molar-refractivity contribution in [1.29, 1.82) is 0 Å². The molecule has 0 radical (unpaired) electrons. The zero-order valence-corrected chi connectivity index (χ0v) is 16.1. The molecule has 0 spiro atoms. The van der Waals surface area contributed by atoms with Crippen LogP contribution < -0.4 is 5.32 Å². The number of hydrogen-bond acceptors (Lipinski definition) is 6. The van der Waals surface area contributed by atoms with Gasteiger partial charge in [-0.2, -0.15) is 5.01 Å². The number of carboxylic acid groups (broad SMARTS) is 2. The van der Waals surface area contributed by atoms with E-state index in [0.29, 0.717) is 12.2 Å². The topological polar surface area (TPSA) is 140 Å². The first kappa shape index (κ1) is 24.8. The number of amides is 2. The summed E-state index contributed by atoms with van der Waals surface area (Å²) in [5, 5.41) is 22.0. The second-order valence-corrected chi connectivity index (χ2v) is 6.20. The monoisotopic (exact) mass is 406 g/mol. The molecule has 0 aromatic rings. The van der Waals surface area contributed by atoms with E-state index in [4.69, 9.17) is 21.8 Å². The third kappa shape index (κ3) is 12.7. The number of carbonyl (C=O) groups is 3. The Labute approximate surface area is 163 Å². The molecule has 0 aromatic carbocycles. The van der Waals surface area contributed by atoms with E-state index in [1.807, 2.05) is 0 Å². The van der Waals surface area contributed by atoms with Crippen LogP contribution in [0.15, 0.2) is 17.4 Å². The molecule has 1 saturated heterocycles. The van der Waals surface area contributed by atoms with Crippen LogP contribution in [0, 0.1) is 4.91 Å². The van der Waals surface area contributed by atoms with Crippen molar-refractivity contribution in [2.24, 2.45) is 5.29 Å². The summed E-state index contributed by atoms with van der Waals surface area (Å²) in [5.41, 5.74) is 0. The Balaban J connectivity index is 0.000000713. The zero-order chi connectivity index (χ0) is 20.7. The fourth-order valence-electron chi connectivity index (χ4n) is 2.33. The molecule has 0 atom stereocenters. The van der Waals surface area contributed by atoms with Gasteiger partial charge in [0.05, 0.1) is 11.8 Å². The summed E-state index contributed by atoms with van der Waals surface area (Å²) in [4.78, 5) is 43.8. The standard InChI is InChI=1S/C12H23ClN4O2.C4H4O4/c1-2-3-7-16-8-4-11(5-9-16)14-12(18)17(15-19)10-6-13;5-3(6)1-2-4(7)8/h11H,2-10H2,1H3,(H,14,18);1-2H,(H,5,6)(H,7,8)/b;2-1-. The van der Waals surface area contributed by atoms with Crippen molar-refractivity contribution in [3.05, 3.63) is 17.1 Å². The number of carbonyl (C=O) groups excluding carboxylic acids is 1. The number of unbranched alkanes of at least 4 members (excludes halogenated alkanes) is 1. The smallest absolute Gasteiger partial charge is 0.340 e. The van der Waals surface area contributed by atoms with E-state index in [-0.39, 0.29) is 18.5 Å². The lowest BCUT2D eigenvalue weighted by Crippen LogP contribution is -2.48. The highest BCUT2D eigenvalue weighted by molar-refractivity contribution is 6.18.